The summed E-state index contributed by atoms with van der Waals surface area (Å²) in [5, 5.41) is 3.27. The van der Waals surface area contributed by atoms with Gasteiger partial charge in [0.2, 0.25) is 11.8 Å². The minimum Gasteiger partial charge on any atom is -0.354 e. The molecule has 0 spiro atoms. The topological polar surface area (TPSA) is 86.8 Å². The van der Waals surface area contributed by atoms with E-state index in [4.69, 9.17) is 23.2 Å². The Morgan fingerprint density at radius 1 is 0.949 bits per heavy atom. The first-order valence-electron chi connectivity index (χ1n) is 12.6. The summed E-state index contributed by atoms with van der Waals surface area (Å²) in [5.41, 5.74) is 2.82. The molecule has 0 aliphatic heterocycles. The van der Waals surface area contributed by atoms with Gasteiger partial charge in [-0.3, -0.25) is 13.9 Å². The van der Waals surface area contributed by atoms with E-state index in [1.165, 1.54) is 35.2 Å². The smallest absolute Gasteiger partial charge is 0.264 e. The molecule has 3 rings (SSSR count). The van der Waals surface area contributed by atoms with E-state index in [1.807, 2.05) is 45.0 Å². The number of anilines is 1. The SMILES string of the molecule is CCCNC(=O)[C@@H](C)N(Cc1ccccc1C)C(=O)CN(c1cc(Cl)cc(Cl)c1)S(=O)(=O)c1ccc(C)cc1. The molecule has 0 bridgehead atoms. The Kier molecular flexibility index (Phi) is 10.4. The number of hydrogen-bond acceptors (Lipinski definition) is 4. The van der Waals surface area contributed by atoms with E-state index in [2.05, 4.69) is 5.32 Å². The molecule has 0 aliphatic carbocycles. The van der Waals surface area contributed by atoms with Crippen LogP contribution in [0.3, 0.4) is 0 Å². The van der Waals surface area contributed by atoms with Gasteiger partial charge in [0, 0.05) is 23.1 Å². The highest BCUT2D eigenvalue weighted by molar-refractivity contribution is 7.92. The molecule has 2 amide bonds. The second-order valence-corrected chi connectivity index (χ2v) is 12.1. The van der Waals surface area contributed by atoms with E-state index in [0.717, 1.165) is 27.4 Å². The van der Waals surface area contributed by atoms with Gasteiger partial charge in [0.1, 0.15) is 12.6 Å². The number of sulfonamides is 1. The molecule has 0 aromatic heterocycles. The minimum atomic E-state index is -4.21. The van der Waals surface area contributed by atoms with Gasteiger partial charge in [0.05, 0.1) is 10.6 Å². The Labute approximate surface area is 240 Å². The van der Waals surface area contributed by atoms with Gasteiger partial charge in [0.25, 0.3) is 10.0 Å². The zero-order chi connectivity index (χ0) is 28.7. The van der Waals surface area contributed by atoms with Crippen molar-refractivity contribution in [2.45, 2.75) is 51.6 Å². The molecular formula is C29H33Cl2N3O4S. The molecule has 0 unspecified atom stereocenters. The van der Waals surface area contributed by atoms with E-state index < -0.39 is 28.5 Å². The maximum Gasteiger partial charge on any atom is 0.264 e. The first kappa shape index (κ1) is 30.5. The fourth-order valence-electron chi connectivity index (χ4n) is 4.00. The van der Waals surface area contributed by atoms with E-state index in [9.17, 15) is 18.0 Å². The van der Waals surface area contributed by atoms with Gasteiger partial charge in [-0.1, -0.05) is 72.1 Å². The number of carbonyl (C=O) groups is 2. The number of rotatable bonds is 11. The molecule has 3 aromatic carbocycles. The zero-order valence-corrected chi connectivity index (χ0v) is 24.8. The van der Waals surface area contributed by atoms with Gasteiger partial charge in [-0.2, -0.15) is 0 Å². The van der Waals surface area contributed by atoms with E-state index in [0.29, 0.717) is 6.54 Å². The third-order valence-corrected chi connectivity index (χ3v) is 8.57. The van der Waals surface area contributed by atoms with Crippen LogP contribution >= 0.6 is 23.2 Å². The maximum absolute atomic E-state index is 13.9. The van der Waals surface area contributed by atoms with Crippen molar-refractivity contribution in [1.29, 1.82) is 0 Å². The number of hydrogen-bond donors (Lipinski definition) is 1. The van der Waals surface area contributed by atoms with Crippen molar-refractivity contribution in [3.05, 3.63) is 93.5 Å². The maximum atomic E-state index is 13.9. The number of nitrogens with one attached hydrogen (secondary N) is 1. The molecule has 0 aliphatic rings. The highest BCUT2D eigenvalue weighted by Gasteiger charge is 2.33. The van der Waals surface area contributed by atoms with Crippen LogP contribution in [0.15, 0.2) is 71.6 Å². The molecule has 0 radical (unpaired) electrons. The Morgan fingerprint density at radius 2 is 1.56 bits per heavy atom. The largest absolute Gasteiger partial charge is 0.354 e. The van der Waals surface area contributed by atoms with Crippen LogP contribution in [-0.2, 0) is 26.2 Å². The molecule has 39 heavy (non-hydrogen) atoms. The number of carbonyl (C=O) groups excluding carboxylic acids is 2. The quantitative estimate of drug-likeness (QED) is 0.308. The first-order valence-corrected chi connectivity index (χ1v) is 14.8. The summed E-state index contributed by atoms with van der Waals surface area (Å²) in [4.78, 5) is 28.3. The van der Waals surface area contributed by atoms with Crippen molar-refractivity contribution in [3.8, 4) is 0 Å². The van der Waals surface area contributed by atoms with E-state index >= 15 is 0 Å². The van der Waals surface area contributed by atoms with Crippen LogP contribution in [0.25, 0.3) is 0 Å². The van der Waals surface area contributed by atoms with Gasteiger partial charge in [-0.15, -0.1) is 0 Å². The molecule has 3 aromatic rings. The molecule has 1 atom stereocenters. The van der Waals surface area contributed by atoms with Crippen LogP contribution in [0.1, 0.15) is 37.0 Å². The van der Waals surface area contributed by atoms with Crippen LogP contribution in [-0.4, -0.2) is 44.3 Å². The summed E-state index contributed by atoms with van der Waals surface area (Å²) in [5.74, 6) is -0.873. The number of halogens is 2. The molecule has 0 heterocycles. The Morgan fingerprint density at radius 3 is 2.15 bits per heavy atom. The van der Waals surface area contributed by atoms with Crippen molar-refractivity contribution in [1.82, 2.24) is 10.2 Å². The lowest BCUT2D eigenvalue weighted by molar-refractivity contribution is -0.139. The van der Waals surface area contributed by atoms with Crippen LogP contribution in [0, 0.1) is 13.8 Å². The molecule has 208 valence electrons. The Hall–Kier alpha value is -3.07. The molecular weight excluding hydrogens is 557 g/mol. The number of aryl methyl sites for hydroxylation is 2. The molecule has 1 N–H and O–H groups in total. The summed E-state index contributed by atoms with van der Waals surface area (Å²) < 4.78 is 28.7. The van der Waals surface area contributed by atoms with E-state index in [-0.39, 0.29) is 33.1 Å². The summed E-state index contributed by atoms with van der Waals surface area (Å²) in [6.45, 7) is 7.36. The summed E-state index contributed by atoms with van der Waals surface area (Å²) >= 11 is 12.4. The Balaban J connectivity index is 2.06. The minimum absolute atomic E-state index is 0.0104. The third-order valence-electron chi connectivity index (χ3n) is 6.34. The van der Waals surface area contributed by atoms with Crippen LogP contribution in [0.2, 0.25) is 10.0 Å². The predicted octanol–water partition coefficient (Wildman–Crippen LogP) is 5.75. The highest BCUT2D eigenvalue weighted by atomic mass is 35.5. The molecule has 7 nitrogen and oxygen atoms in total. The lowest BCUT2D eigenvalue weighted by atomic mass is 10.1. The average molecular weight is 591 g/mol. The predicted molar refractivity (Wildman–Crippen MR) is 157 cm³/mol. The fourth-order valence-corrected chi connectivity index (χ4v) is 5.91. The number of amides is 2. The average Bonchev–Trinajstić information content (AvgIpc) is 2.89. The molecule has 0 fully saturated rings. The second-order valence-electron chi connectivity index (χ2n) is 9.37. The van der Waals surface area contributed by atoms with Crippen molar-refractivity contribution >= 4 is 50.7 Å². The highest BCUT2D eigenvalue weighted by Crippen LogP contribution is 2.30. The van der Waals surface area contributed by atoms with Crippen molar-refractivity contribution in [3.63, 3.8) is 0 Å². The Bertz CT molecular complexity index is 1410. The molecule has 10 heteroatoms. The van der Waals surface area contributed by atoms with Gasteiger partial charge < -0.3 is 10.2 Å². The normalized spacial score (nSPS) is 12.1. The van der Waals surface area contributed by atoms with Crippen LogP contribution in [0.5, 0.6) is 0 Å². The van der Waals surface area contributed by atoms with Gasteiger partial charge in [0.15, 0.2) is 0 Å². The fraction of sp³-hybridized carbons (Fsp3) is 0.310. The molecule has 0 saturated carbocycles. The van der Waals surface area contributed by atoms with Crippen molar-refractivity contribution in [2.24, 2.45) is 0 Å². The summed E-state index contributed by atoms with van der Waals surface area (Å²) in [6.07, 6.45) is 0.738. The van der Waals surface area contributed by atoms with Crippen molar-refractivity contribution < 1.29 is 18.0 Å². The summed E-state index contributed by atoms with van der Waals surface area (Å²) in [6, 6.07) is 17.4. The molecule has 0 saturated heterocycles. The third kappa shape index (κ3) is 7.75. The van der Waals surface area contributed by atoms with Gasteiger partial charge in [-0.05, 0) is 68.7 Å². The second kappa shape index (κ2) is 13.3. The standard InChI is InChI=1S/C29H33Cl2N3O4S/c1-5-14-32-29(36)22(4)33(18-23-9-7-6-8-21(23)3)28(35)19-34(26-16-24(30)15-25(31)17-26)39(37,38)27-12-10-20(2)11-13-27/h6-13,15-17,22H,5,14,18-19H2,1-4H3,(H,32,36)/t22-/m1/s1. The summed E-state index contributed by atoms with van der Waals surface area (Å²) in [7, 11) is -4.21. The number of benzene rings is 3. The first-order chi connectivity index (χ1) is 18.4. The lowest BCUT2D eigenvalue weighted by Crippen LogP contribution is -2.51. The van der Waals surface area contributed by atoms with Crippen LogP contribution < -0.4 is 9.62 Å². The van der Waals surface area contributed by atoms with Gasteiger partial charge in [-0.25, -0.2) is 8.42 Å². The van der Waals surface area contributed by atoms with Gasteiger partial charge >= 0.3 is 0 Å². The van der Waals surface area contributed by atoms with Crippen molar-refractivity contribution in [2.75, 3.05) is 17.4 Å². The lowest BCUT2D eigenvalue weighted by Gasteiger charge is -2.32. The van der Waals surface area contributed by atoms with E-state index in [1.54, 1.807) is 19.1 Å². The number of nitrogens with zero attached hydrogens (tertiary/aromatic N) is 2. The monoisotopic (exact) mass is 589 g/mol. The van der Waals surface area contributed by atoms with Crippen LogP contribution in [0.4, 0.5) is 5.69 Å². The zero-order valence-electron chi connectivity index (χ0n) is 22.4.